The van der Waals surface area contributed by atoms with E-state index in [0.717, 1.165) is 12.1 Å². The molecule has 156 valence electrons. The number of alkyl halides is 3. The predicted octanol–water partition coefficient (Wildman–Crippen LogP) is 5.92. The zero-order chi connectivity index (χ0) is 21.7. The number of rotatable bonds is 5. The molecule has 0 amide bonds. The van der Waals surface area contributed by atoms with Crippen LogP contribution in [0.15, 0.2) is 12.1 Å². The summed E-state index contributed by atoms with van der Waals surface area (Å²) >= 11 is 18.0. The lowest BCUT2D eigenvalue weighted by Gasteiger charge is -2.31. The number of fused-ring (bicyclic) bond motifs is 1. The van der Waals surface area contributed by atoms with E-state index in [9.17, 15) is 33.0 Å². The van der Waals surface area contributed by atoms with Gasteiger partial charge in [0.05, 0.1) is 26.4 Å². The molecular formula is C18H12Cl3F3O4S. The molecule has 0 saturated heterocycles. The first-order valence-corrected chi connectivity index (χ1v) is 10.2. The molecule has 1 aliphatic rings. The summed E-state index contributed by atoms with van der Waals surface area (Å²) in [7, 11) is 0. The molecule has 2 N–H and O–H groups in total. The zero-order valence-corrected chi connectivity index (χ0v) is 17.5. The fraction of sp³-hybridized carbons (Fsp3) is 0.333. The van der Waals surface area contributed by atoms with Crippen LogP contribution in [0.5, 0.6) is 0 Å². The number of benzene rings is 1. The van der Waals surface area contributed by atoms with Crippen LogP contribution in [0.4, 0.5) is 13.2 Å². The molecule has 0 spiro atoms. The highest BCUT2D eigenvalue weighted by molar-refractivity contribution is 7.16. The Morgan fingerprint density at radius 1 is 1.03 bits per heavy atom. The first-order valence-electron chi connectivity index (χ1n) is 8.22. The minimum absolute atomic E-state index is 0.0611. The monoisotopic (exact) mass is 486 g/mol. The van der Waals surface area contributed by atoms with Crippen molar-refractivity contribution in [2.45, 2.75) is 37.5 Å². The maximum Gasteiger partial charge on any atom is 0.421 e. The highest BCUT2D eigenvalue weighted by Crippen LogP contribution is 2.46. The summed E-state index contributed by atoms with van der Waals surface area (Å²) in [6.07, 6.45) is -5.16. The van der Waals surface area contributed by atoms with E-state index < -0.39 is 35.5 Å². The van der Waals surface area contributed by atoms with Crippen molar-refractivity contribution in [3.8, 4) is 0 Å². The summed E-state index contributed by atoms with van der Waals surface area (Å²) in [4.78, 5) is 24.0. The second-order valence-electron chi connectivity index (χ2n) is 6.59. The normalized spacial score (nSPS) is 15.8. The predicted molar refractivity (Wildman–Crippen MR) is 104 cm³/mol. The first-order chi connectivity index (χ1) is 13.4. The van der Waals surface area contributed by atoms with Crippen molar-refractivity contribution in [3.05, 3.63) is 53.6 Å². The van der Waals surface area contributed by atoms with Crippen LogP contribution in [-0.4, -0.2) is 28.1 Å². The molecule has 0 aliphatic heterocycles. The summed E-state index contributed by atoms with van der Waals surface area (Å²) in [5, 5.41) is 19.0. The van der Waals surface area contributed by atoms with E-state index in [1.807, 2.05) is 0 Å². The van der Waals surface area contributed by atoms with Gasteiger partial charge in [-0.3, -0.25) is 4.79 Å². The molecule has 3 rings (SSSR count). The molecule has 1 aromatic heterocycles. The van der Waals surface area contributed by atoms with Crippen LogP contribution < -0.4 is 0 Å². The Morgan fingerprint density at radius 3 is 2.03 bits per heavy atom. The summed E-state index contributed by atoms with van der Waals surface area (Å²) < 4.78 is 41.5. The number of hydrogen-bond donors (Lipinski definition) is 2. The van der Waals surface area contributed by atoms with Crippen LogP contribution in [0.25, 0.3) is 0 Å². The average molecular weight is 488 g/mol. The first kappa shape index (κ1) is 22.4. The molecular weight excluding hydrogens is 476 g/mol. The van der Waals surface area contributed by atoms with E-state index in [1.165, 1.54) is 0 Å². The average Bonchev–Trinajstić information content (AvgIpc) is 3.19. The van der Waals surface area contributed by atoms with Gasteiger partial charge in [0, 0.05) is 0 Å². The van der Waals surface area contributed by atoms with Gasteiger partial charge in [-0.05, 0) is 48.1 Å². The quantitative estimate of drug-likeness (QED) is 0.406. The van der Waals surface area contributed by atoms with Crippen molar-refractivity contribution in [1.82, 2.24) is 0 Å². The van der Waals surface area contributed by atoms with Crippen LogP contribution >= 0.6 is 46.1 Å². The fourth-order valence-electron chi connectivity index (χ4n) is 3.34. The van der Waals surface area contributed by atoms with Crippen molar-refractivity contribution in [3.63, 3.8) is 0 Å². The van der Waals surface area contributed by atoms with E-state index in [0.29, 0.717) is 41.7 Å². The maximum atomic E-state index is 13.8. The van der Waals surface area contributed by atoms with Crippen molar-refractivity contribution < 1.29 is 33.0 Å². The number of hydrogen-bond acceptors (Lipinski definition) is 4. The Balaban J connectivity index is 2.06. The fourth-order valence-corrected chi connectivity index (χ4v) is 5.11. The number of ketones is 1. The molecule has 29 heavy (non-hydrogen) atoms. The topological polar surface area (TPSA) is 74.6 Å². The summed E-state index contributed by atoms with van der Waals surface area (Å²) in [6, 6.07) is 1.61. The number of carbonyl (C=O) groups excluding carboxylic acids is 1. The summed E-state index contributed by atoms with van der Waals surface area (Å²) in [5.41, 5.74) is -3.40. The lowest BCUT2D eigenvalue weighted by atomic mass is 9.87. The Hall–Kier alpha value is -1.32. The third-order valence-electron chi connectivity index (χ3n) is 4.76. The van der Waals surface area contributed by atoms with Crippen molar-refractivity contribution in [1.29, 1.82) is 0 Å². The second kappa shape index (κ2) is 7.74. The van der Waals surface area contributed by atoms with Gasteiger partial charge in [0.25, 0.3) is 0 Å². The highest BCUT2D eigenvalue weighted by Gasteiger charge is 2.56. The van der Waals surface area contributed by atoms with Gasteiger partial charge in [0.15, 0.2) is 11.4 Å². The number of thiophene rings is 1. The van der Waals surface area contributed by atoms with E-state index >= 15 is 0 Å². The van der Waals surface area contributed by atoms with Crippen molar-refractivity contribution in [2.24, 2.45) is 0 Å². The van der Waals surface area contributed by atoms with E-state index in [4.69, 9.17) is 34.8 Å². The van der Waals surface area contributed by atoms with Gasteiger partial charge < -0.3 is 10.2 Å². The van der Waals surface area contributed by atoms with Crippen LogP contribution in [0.2, 0.25) is 15.1 Å². The number of halogens is 6. The minimum atomic E-state index is -5.24. The Labute approximate surface area is 181 Å². The third kappa shape index (κ3) is 3.88. The van der Waals surface area contributed by atoms with Crippen LogP contribution in [0.3, 0.4) is 0 Å². The van der Waals surface area contributed by atoms with Crippen molar-refractivity contribution in [2.75, 3.05) is 0 Å². The Bertz CT molecular complexity index is 996. The summed E-state index contributed by atoms with van der Waals surface area (Å²) in [6.45, 7) is 0. The van der Waals surface area contributed by atoms with Gasteiger partial charge in [0.2, 0.25) is 0 Å². The SMILES string of the molecule is O=C(O)c1sc(C(=O)CC(O)(c2cc(Cl)c(Cl)c(Cl)c2)C(F)(F)F)c2c1CCC2. The number of carboxylic acid groups (broad SMARTS) is 1. The third-order valence-corrected chi connectivity index (χ3v) is 7.26. The van der Waals surface area contributed by atoms with Gasteiger partial charge in [-0.25, -0.2) is 4.79 Å². The number of carbonyl (C=O) groups is 2. The van der Waals surface area contributed by atoms with Crippen LogP contribution in [0, 0.1) is 0 Å². The van der Waals surface area contributed by atoms with Gasteiger partial charge in [-0.2, -0.15) is 13.2 Å². The molecule has 1 atom stereocenters. The number of carboxylic acids is 1. The van der Waals surface area contributed by atoms with E-state index in [2.05, 4.69) is 0 Å². The maximum absolute atomic E-state index is 13.8. The smallest absolute Gasteiger partial charge is 0.421 e. The highest BCUT2D eigenvalue weighted by atomic mass is 35.5. The standard InChI is InChI=1S/C18H12Cl3F3O4S/c19-10-4-7(5-11(20)13(10)21)17(28,18(22,23)24)6-12(25)14-8-2-1-3-9(8)15(29-14)16(26)27/h4-5,28H,1-3,6H2,(H,26,27). The Kier molecular flexibility index (Phi) is 5.97. The Morgan fingerprint density at radius 2 is 1.55 bits per heavy atom. The molecule has 0 fully saturated rings. The second-order valence-corrected chi connectivity index (χ2v) is 8.80. The molecule has 0 radical (unpaired) electrons. The van der Waals surface area contributed by atoms with Gasteiger partial charge in [0.1, 0.15) is 4.88 Å². The van der Waals surface area contributed by atoms with Gasteiger partial charge in [-0.1, -0.05) is 34.8 Å². The number of aliphatic hydroxyl groups is 1. The van der Waals surface area contributed by atoms with Gasteiger partial charge in [-0.15, -0.1) is 11.3 Å². The van der Waals surface area contributed by atoms with E-state index in [-0.39, 0.29) is 24.8 Å². The number of aromatic carboxylic acids is 1. The molecule has 2 aromatic rings. The van der Waals surface area contributed by atoms with Crippen molar-refractivity contribution >= 4 is 57.9 Å². The largest absolute Gasteiger partial charge is 0.477 e. The molecule has 1 heterocycles. The molecule has 11 heteroatoms. The van der Waals surface area contributed by atoms with Crippen LogP contribution in [-0.2, 0) is 18.4 Å². The molecule has 4 nitrogen and oxygen atoms in total. The van der Waals surface area contributed by atoms with E-state index in [1.54, 1.807) is 0 Å². The van der Waals surface area contributed by atoms with Crippen LogP contribution in [0.1, 0.15) is 48.9 Å². The lowest BCUT2D eigenvalue weighted by Crippen LogP contribution is -2.44. The molecule has 0 bridgehead atoms. The minimum Gasteiger partial charge on any atom is -0.477 e. The lowest BCUT2D eigenvalue weighted by molar-refractivity contribution is -0.264. The summed E-state index contributed by atoms with van der Waals surface area (Å²) in [5.74, 6) is -2.25. The molecule has 0 saturated carbocycles. The zero-order valence-electron chi connectivity index (χ0n) is 14.4. The molecule has 1 unspecified atom stereocenters. The number of Topliss-reactive ketones (excluding diaryl/α,β-unsaturated/α-hetero) is 1. The van der Waals surface area contributed by atoms with Gasteiger partial charge >= 0.3 is 12.1 Å². The molecule has 1 aromatic carbocycles. The molecule has 1 aliphatic carbocycles.